The topological polar surface area (TPSA) is 66.8 Å². The smallest absolute Gasteiger partial charge is 0.303 e. The van der Waals surface area contributed by atoms with Gasteiger partial charge in [-0.05, 0) is 47.9 Å². The van der Waals surface area contributed by atoms with E-state index in [9.17, 15) is 9.59 Å². The molecule has 1 saturated heterocycles. The second-order valence-corrected chi connectivity index (χ2v) is 8.91. The van der Waals surface area contributed by atoms with Gasteiger partial charge in [-0.1, -0.05) is 64.2 Å². The predicted octanol–water partition coefficient (Wildman–Crippen LogP) is 5.09. The minimum absolute atomic E-state index is 0.0114. The largest absolute Gasteiger partial charge is 0.489 e. The maximum absolute atomic E-state index is 12.5. The average molecular weight is 492 g/mol. The Morgan fingerprint density at radius 2 is 2.00 bits per heavy atom. The number of thioether (sulfide) groups is 1. The average Bonchev–Trinajstić information content (AvgIpc) is 2.94. The van der Waals surface area contributed by atoms with Gasteiger partial charge >= 0.3 is 5.97 Å². The van der Waals surface area contributed by atoms with Crippen LogP contribution >= 0.6 is 39.9 Å². The number of amides is 1. The number of rotatable bonds is 8. The van der Waals surface area contributed by atoms with Crippen molar-refractivity contribution in [3.8, 4) is 5.75 Å². The first-order valence-corrected chi connectivity index (χ1v) is 10.9. The monoisotopic (exact) mass is 491 g/mol. The van der Waals surface area contributed by atoms with Gasteiger partial charge in [-0.25, -0.2) is 0 Å². The molecular weight excluding hydrogens is 474 g/mol. The van der Waals surface area contributed by atoms with E-state index < -0.39 is 5.97 Å². The van der Waals surface area contributed by atoms with E-state index in [0.717, 1.165) is 21.3 Å². The Bertz CT molecular complexity index is 959. The normalized spacial score (nSPS) is 15.2. The number of ether oxygens (including phenoxy) is 1. The molecule has 1 amide bonds. The third-order valence-corrected chi connectivity index (χ3v) is 5.99. The Hall–Kier alpha value is -2.16. The second kappa shape index (κ2) is 10.0. The molecule has 0 unspecified atom stereocenters. The molecule has 2 aromatic rings. The minimum atomic E-state index is -0.881. The lowest BCUT2D eigenvalue weighted by Crippen LogP contribution is -2.29. The van der Waals surface area contributed by atoms with E-state index in [1.54, 1.807) is 6.08 Å². The van der Waals surface area contributed by atoms with Gasteiger partial charge < -0.3 is 9.84 Å². The van der Waals surface area contributed by atoms with E-state index in [-0.39, 0.29) is 12.3 Å². The van der Waals surface area contributed by atoms with Crippen molar-refractivity contribution in [1.82, 2.24) is 4.90 Å². The van der Waals surface area contributed by atoms with Crippen molar-refractivity contribution in [3.05, 3.63) is 69.0 Å². The van der Waals surface area contributed by atoms with Gasteiger partial charge in [0.1, 0.15) is 16.7 Å². The van der Waals surface area contributed by atoms with E-state index in [1.165, 1.54) is 16.7 Å². The van der Waals surface area contributed by atoms with Crippen molar-refractivity contribution in [3.63, 3.8) is 0 Å². The minimum Gasteiger partial charge on any atom is -0.489 e. The first-order valence-electron chi connectivity index (χ1n) is 8.87. The molecule has 150 valence electrons. The maximum Gasteiger partial charge on any atom is 0.303 e. The highest BCUT2D eigenvalue weighted by Crippen LogP contribution is 2.33. The standard InChI is InChI=1S/C21H18BrNO4S2/c22-16-4-1-3-15(11-16)13-27-17-8-6-14(7-9-17)12-18-20(26)23(21(28)29-18)10-2-5-19(24)25/h1,3-4,6-9,11-12H,2,5,10,13H2,(H,24,25)/b18-12+. The number of aliphatic carboxylic acids is 1. The van der Waals surface area contributed by atoms with Crippen molar-refractivity contribution >= 4 is 62.2 Å². The van der Waals surface area contributed by atoms with E-state index in [0.29, 0.717) is 28.8 Å². The summed E-state index contributed by atoms with van der Waals surface area (Å²) in [5.74, 6) is -0.322. The van der Waals surface area contributed by atoms with Crippen LogP contribution in [0.4, 0.5) is 0 Å². The van der Waals surface area contributed by atoms with Crippen LogP contribution in [0.3, 0.4) is 0 Å². The molecule has 0 spiro atoms. The van der Waals surface area contributed by atoms with Crippen LogP contribution in [0.1, 0.15) is 24.0 Å². The summed E-state index contributed by atoms with van der Waals surface area (Å²) in [6.45, 7) is 0.782. The summed E-state index contributed by atoms with van der Waals surface area (Å²) >= 11 is 9.93. The maximum atomic E-state index is 12.5. The van der Waals surface area contributed by atoms with Crippen molar-refractivity contribution in [2.24, 2.45) is 0 Å². The quantitative estimate of drug-likeness (QED) is 0.409. The van der Waals surface area contributed by atoms with Crippen LogP contribution in [0, 0.1) is 0 Å². The van der Waals surface area contributed by atoms with Crippen LogP contribution in [0.15, 0.2) is 57.9 Å². The molecule has 1 aliphatic rings. The molecule has 1 N–H and O–H groups in total. The predicted molar refractivity (Wildman–Crippen MR) is 122 cm³/mol. The molecular formula is C21H18BrNO4S2. The third-order valence-electron chi connectivity index (χ3n) is 4.12. The first-order chi connectivity index (χ1) is 13.9. The summed E-state index contributed by atoms with van der Waals surface area (Å²) in [4.78, 5) is 25.2. The molecule has 8 heteroatoms. The van der Waals surface area contributed by atoms with Crippen LogP contribution in [0.5, 0.6) is 5.75 Å². The zero-order valence-corrected chi connectivity index (χ0v) is 18.6. The van der Waals surface area contributed by atoms with Gasteiger partial charge in [-0.3, -0.25) is 14.5 Å². The Balaban J connectivity index is 1.59. The fourth-order valence-corrected chi connectivity index (χ4v) is 4.44. The van der Waals surface area contributed by atoms with E-state index in [1.807, 2.05) is 48.5 Å². The summed E-state index contributed by atoms with van der Waals surface area (Å²) in [6, 6.07) is 15.4. The number of hydrogen-bond donors (Lipinski definition) is 1. The van der Waals surface area contributed by atoms with Crippen molar-refractivity contribution in [2.45, 2.75) is 19.4 Å². The zero-order chi connectivity index (χ0) is 20.8. The molecule has 0 atom stereocenters. The molecule has 0 bridgehead atoms. The molecule has 1 heterocycles. The molecule has 1 aliphatic heterocycles. The summed E-state index contributed by atoms with van der Waals surface area (Å²) in [5, 5.41) is 8.74. The number of hydrogen-bond acceptors (Lipinski definition) is 5. The lowest BCUT2D eigenvalue weighted by molar-refractivity contribution is -0.137. The number of benzene rings is 2. The van der Waals surface area contributed by atoms with Crippen molar-refractivity contribution < 1.29 is 19.4 Å². The van der Waals surface area contributed by atoms with Gasteiger partial charge in [0.2, 0.25) is 0 Å². The summed E-state index contributed by atoms with van der Waals surface area (Å²) in [7, 11) is 0. The number of carbonyl (C=O) groups is 2. The van der Waals surface area contributed by atoms with Crippen molar-refractivity contribution in [2.75, 3.05) is 6.54 Å². The number of carboxylic acid groups (broad SMARTS) is 1. The van der Waals surface area contributed by atoms with E-state index in [4.69, 9.17) is 22.1 Å². The molecule has 0 saturated carbocycles. The zero-order valence-electron chi connectivity index (χ0n) is 15.3. The molecule has 5 nitrogen and oxygen atoms in total. The number of carbonyl (C=O) groups excluding carboxylic acids is 1. The highest BCUT2D eigenvalue weighted by Gasteiger charge is 2.31. The van der Waals surface area contributed by atoms with Crippen molar-refractivity contribution in [1.29, 1.82) is 0 Å². The van der Waals surface area contributed by atoms with Gasteiger partial charge in [0, 0.05) is 17.4 Å². The van der Waals surface area contributed by atoms with Crippen LogP contribution < -0.4 is 4.74 Å². The molecule has 1 fully saturated rings. The van der Waals surface area contributed by atoms with E-state index >= 15 is 0 Å². The van der Waals surface area contributed by atoms with Crippen LogP contribution in [-0.2, 0) is 16.2 Å². The molecule has 2 aromatic carbocycles. The summed E-state index contributed by atoms with van der Waals surface area (Å²) in [6.07, 6.45) is 2.17. The van der Waals surface area contributed by atoms with Gasteiger partial charge in [0.05, 0.1) is 4.91 Å². The van der Waals surface area contributed by atoms with Gasteiger partial charge in [-0.2, -0.15) is 0 Å². The molecule has 29 heavy (non-hydrogen) atoms. The lowest BCUT2D eigenvalue weighted by Gasteiger charge is -2.13. The Morgan fingerprint density at radius 1 is 1.24 bits per heavy atom. The Morgan fingerprint density at radius 3 is 2.69 bits per heavy atom. The Labute approximate surface area is 186 Å². The highest BCUT2D eigenvalue weighted by molar-refractivity contribution is 9.10. The number of thiocarbonyl (C=S) groups is 1. The lowest BCUT2D eigenvalue weighted by atomic mass is 10.2. The highest BCUT2D eigenvalue weighted by atomic mass is 79.9. The molecule has 3 rings (SSSR count). The van der Waals surface area contributed by atoms with Crippen LogP contribution in [0.2, 0.25) is 0 Å². The molecule has 0 radical (unpaired) electrons. The fraction of sp³-hybridized carbons (Fsp3) is 0.190. The summed E-state index contributed by atoms with van der Waals surface area (Å²) in [5.41, 5.74) is 1.93. The van der Waals surface area contributed by atoms with Crippen LogP contribution in [-0.4, -0.2) is 32.7 Å². The second-order valence-electron chi connectivity index (χ2n) is 6.32. The molecule has 0 aliphatic carbocycles. The van der Waals surface area contributed by atoms with Gasteiger partial charge in [-0.15, -0.1) is 0 Å². The van der Waals surface area contributed by atoms with Crippen LogP contribution in [0.25, 0.3) is 6.08 Å². The number of nitrogens with zero attached hydrogens (tertiary/aromatic N) is 1. The van der Waals surface area contributed by atoms with Gasteiger partial charge in [0.15, 0.2) is 0 Å². The molecule has 0 aromatic heterocycles. The fourth-order valence-electron chi connectivity index (χ4n) is 2.69. The summed E-state index contributed by atoms with van der Waals surface area (Å²) < 4.78 is 7.27. The number of carboxylic acids is 1. The Kier molecular flexibility index (Phi) is 7.46. The van der Waals surface area contributed by atoms with E-state index in [2.05, 4.69) is 15.9 Å². The number of halogens is 1. The third kappa shape index (κ3) is 6.16. The SMILES string of the molecule is O=C(O)CCCN1C(=O)/C(=C\c2ccc(OCc3cccc(Br)c3)cc2)SC1=S. The van der Waals surface area contributed by atoms with Gasteiger partial charge in [0.25, 0.3) is 5.91 Å². The first kappa shape index (κ1) is 21.5.